The standard InChI is InChI=1S/C22H19N/c23-16-8-5-15-7-10-20-19-9-6-14-3-1-2-4-17(14)18(19)11-12-21(20)22(15)13-16/h1-4,6-7,9-12,14,17,23H,5,8,13H2. The van der Waals surface area contributed by atoms with Gasteiger partial charge in [0, 0.05) is 24.0 Å². The van der Waals surface area contributed by atoms with Crippen LogP contribution in [0.25, 0.3) is 16.8 Å². The molecule has 1 N–H and O–H groups in total. The van der Waals surface area contributed by atoms with Crippen molar-refractivity contribution in [3.63, 3.8) is 0 Å². The first-order valence-corrected chi connectivity index (χ1v) is 8.48. The number of rotatable bonds is 0. The smallest absolute Gasteiger partial charge is 0.0137 e. The third-order valence-electron chi connectivity index (χ3n) is 5.59. The lowest BCUT2D eigenvalue weighted by Crippen LogP contribution is -2.15. The summed E-state index contributed by atoms with van der Waals surface area (Å²) in [5.74, 6) is 0.967. The van der Waals surface area contributed by atoms with Gasteiger partial charge in [-0.25, -0.2) is 0 Å². The van der Waals surface area contributed by atoms with Crippen molar-refractivity contribution in [3.05, 3.63) is 76.9 Å². The van der Waals surface area contributed by atoms with Crippen molar-refractivity contribution < 1.29 is 0 Å². The molecule has 0 heterocycles. The Morgan fingerprint density at radius 3 is 2.70 bits per heavy atom. The lowest BCUT2D eigenvalue weighted by Gasteiger charge is -2.29. The predicted molar refractivity (Wildman–Crippen MR) is 97.2 cm³/mol. The van der Waals surface area contributed by atoms with E-state index < -0.39 is 0 Å². The van der Waals surface area contributed by atoms with Crippen LogP contribution in [0.4, 0.5) is 0 Å². The lowest BCUT2D eigenvalue weighted by molar-refractivity contribution is 0.693. The van der Waals surface area contributed by atoms with Crippen molar-refractivity contribution in [3.8, 4) is 0 Å². The van der Waals surface area contributed by atoms with E-state index in [2.05, 4.69) is 60.7 Å². The predicted octanol–water partition coefficient (Wildman–Crippen LogP) is 5.20. The van der Waals surface area contributed by atoms with Gasteiger partial charge in [0.25, 0.3) is 0 Å². The van der Waals surface area contributed by atoms with E-state index in [9.17, 15) is 0 Å². The fourth-order valence-corrected chi connectivity index (χ4v) is 4.39. The normalized spacial score (nSPS) is 24.4. The molecule has 0 aliphatic heterocycles. The van der Waals surface area contributed by atoms with Crippen LogP contribution in [0.5, 0.6) is 0 Å². The maximum Gasteiger partial charge on any atom is 0.0137 e. The summed E-state index contributed by atoms with van der Waals surface area (Å²) in [6.45, 7) is 0. The molecule has 3 aliphatic carbocycles. The van der Waals surface area contributed by atoms with Gasteiger partial charge in [0.1, 0.15) is 0 Å². The van der Waals surface area contributed by atoms with Gasteiger partial charge in [0.05, 0.1) is 0 Å². The third-order valence-corrected chi connectivity index (χ3v) is 5.59. The fraction of sp³-hybridized carbons (Fsp3) is 0.227. The molecule has 0 aromatic heterocycles. The van der Waals surface area contributed by atoms with E-state index in [1.807, 2.05) is 0 Å². The van der Waals surface area contributed by atoms with E-state index in [-0.39, 0.29) is 0 Å². The van der Waals surface area contributed by atoms with Crippen LogP contribution in [0.2, 0.25) is 0 Å². The second kappa shape index (κ2) is 4.79. The van der Waals surface area contributed by atoms with E-state index in [0.29, 0.717) is 11.8 Å². The highest BCUT2D eigenvalue weighted by Gasteiger charge is 2.25. The van der Waals surface area contributed by atoms with Gasteiger partial charge in [0.15, 0.2) is 0 Å². The average molecular weight is 297 g/mol. The van der Waals surface area contributed by atoms with Gasteiger partial charge in [-0.05, 0) is 45.9 Å². The summed E-state index contributed by atoms with van der Waals surface area (Å²) in [5.41, 5.74) is 6.52. The summed E-state index contributed by atoms with van der Waals surface area (Å²) in [4.78, 5) is 0. The van der Waals surface area contributed by atoms with Crippen LogP contribution in [0.3, 0.4) is 0 Å². The van der Waals surface area contributed by atoms with Crippen molar-refractivity contribution in [2.75, 3.05) is 0 Å². The van der Waals surface area contributed by atoms with Gasteiger partial charge in [-0.1, -0.05) is 60.7 Å². The Balaban J connectivity index is 1.76. The molecule has 3 aliphatic rings. The van der Waals surface area contributed by atoms with Crippen LogP contribution in [0.1, 0.15) is 34.6 Å². The Morgan fingerprint density at radius 2 is 1.74 bits per heavy atom. The zero-order valence-electron chi connectivity index (χ0n) is 13.0. The minimum Gasteiger partial charge on any atom is -0.309 e. The molecule has 112 valence electrons. The minimum absolute atomic E-state index is 0.471. The molecule has 0 bridgehead atoms. The molecule has 0 spiro atoms. The Bertz CT molecular complexity index is 927. The second-order valence-corrected chi connectivity index (χ2v) is 6.88. The number of fused-ring (bicyclic) bond motifs is 7. The summed E-state index contributed by atoms with van der Waals surface area (Å²) in [6.07, 6.45) is 16.4. The molecular formula is C22H19N. The number of hydrogen-bond acceptors (Lipinski definition) is 1. The fourth-order valence-electron chi connectivity index (χ4n) is 4.39. The molecule has 1 heteroatoms. The number of allylic oxidation sites excluding steroid dienone is 5. The van der Waals surface area contributed by atoms with E-state index in [1.165, 1.54) is 33.0 Å². The Morgan fingerprint density at radius 1 is 0.870 bits per heavy atom. The van der Waals surface area contributed by atoms with Gasteiger partial charge in [-0.15, -0.1) is 0 Å². The quantitative estimate of drug-likeness (QED) is 0.691. The zero-order chi connectivity index (χ0) is 15.4. The molecule has 2 aromatic rings. The van der Waals surface area contributed by atoms with E-state index >= 15 is 0 Å². The SMILES string of the molecule is N=C1CCc2ccc3c4c(ccc3c2C1)C1C=CC=CC1C=C4. The number of nitrogens with one attached hydrogen (secondary N) is 1. The molecule has 0 radical (unpaired) electrons. The van der Waals surface area contributed by atoms with Crippen LogP contribution >= 0.6 is 0 Å². The van der Waals surface area contributed by atoms with E-state index in [0.717, 1.165) is 25.0 Å². The maximum absolute atomic E-state index is 8.07. The monoisotopic (exact) mass is 297 g/mol. The highest BCUT2D eigenvalue weighted by Crippen LogP contribution is 2.41. The van der Waals surface area contributed by atoms with Crippen LogP contribution in [-0.4, -0.2) is 5.71 Å². The molecule has 0 saturated heterocycles. The zero-order valence-corrected chi connectivity index (χ0v) is 13.0. The van der Waals surface area contributed by atoms with E-state index in [4.69, 9.17) is 5.41 Å². The Kier molecular flexibility index (Phi) is 2.72. The van der Waals surface area contributed by atoms with Gasteiger partial charge in [-0.3, -0.25) is 0 Å². The molecule has 2 unspecified atom stereocenters. The van der Waals surface area contributed by atoms with Gasteiger partial charge in [0.2, 0.25) is 0 Å². The Labute approximate surface area is 136 Å². The molecule has 0 saturated carbocycles. The molecule has 5 rings (SSSR count). The minimum atomic E-state index is 0.471. The summed E-state index contributed by atoms with van der Waals surface area (Å²) in [7, 11) is 0. The summed E-state index contributed by atoms with van der Waals surface area (Å²) < 4.78 is 0. The third kappa shape index (κ3) is 1.89. The molecule has 0 fully saturated rings. The molecular weight excluding hydrogens is 278 g/mol. The van der Waals surface area contributed by atoms with Crippen molar-refractivity contribution in [1.29, 1.82) is 5.41 Å². The largest absolute Gasteiger partial charge is 0.309 e. The van der Waals surface area contributed by atoms with Gasteiger partial charge < -0.3 is 5.41 Å². The Hall–Kier alpha value is -2.41. The highest BCUT2D eigenvalue weighted by atomic mass is 14.4. The molecule has 2 atom stereocenters. The van der Waals surface area contributed by atoms with Crippen molar-refractivity contribution in [2.45, 2.75) is 25.2 Å². The number of benzene rings is 2. The highest BCUT2D eigenvalue weighted by molar-refractivity contribution is 5.99. The second-order valence-electron chi connectivity index (χ2n) is 6.88. The van der Waals surface area contributed by atoms with Crippen molar-refractivity contribution in [1.82, 2.24) is 0 Å². The average Bonchev–Trinajstić information content (AvgIpc) is 2.60. The van der Waals surface area contributed by atoms with E-state index in [1.54, 1.807) is 0 Å². The van der Waals surface area contributed by atoms with Gasteiger partial charge in [-0.2, -0.15) is 0 Å². The first kappa shape index (κ1) is 13.1. The molecule has 2 aromatic carbocycles. The summed E-state index contributed by atoms with van der Waals surface area (Å²) in [5, 5.41) is 10.8. The lowest BCUT2D eigenvalue weighted by atomic mass is 9.75. The topological polar surface area (TPSA) is 23.9 Å². The maximum atomic E-state index is 8.07. The molecule has 1 nitrogen and oxygen atoms in total. The van der Waals surface area contributed by atoms with Crippen LogP contribution in [-0.2, 0) is 12.8 Å². The van der Waals surface area contributed by atoms with Crippen molar-refractivity contribution >= 4 is 22.6 Å². The number of aryl methyl sites for hydroxylation is 1. The van der Waals surface area contributed by atoms with Crippen molar-refractivity contribution in [2.24, 2.45) is 5.92 Å². The molecule has 23 heavy (non-hydrogen) atoms. The van der Waals surface area contributed by atoms with Crippen LogP contribution in [0, 0.1) is 11.3 Å². The van der Waals surface area contributed by atoms with Crippen LogP contribution in [0.15, 0.2) is 54.6 Å². The van der Waals surface area contributed by atoms with Crippen LogP contribution < -0.4 is 0 Å². The number of hydrogen-bond donors (Lipinski definition) is 1. The molecule has 0 amide bonds. The summed E-state index contributed by atoms with van der Waals surface area (Å²) >= 11 is 0. The summed E-state index contributed by atoms with van der Waals surface area (Å²) in [6, 6.07) is 9.21. The first-order chi connectivity index (χ1) is 11.3. The first-order valence-electron chi connectivity index (χ1n) is 8.48. The van der Waals surface area contributed by atoms with Gasteiger partial charge >= 0.3 is 0 Å².